The van der Waals surface area contributed by atoms with Gasteiger partial charge < -0.3 is 30.6 Å². The van der Waals surface area contributed by atoms with Crippen LogP contribution in [0.4, 0.5) is 9.59 Å². The number of nitrogens with zero attached hydrogens (tertiary/aromatic N) is 2. The first-order valence-electron chi connectivity index (χ1n) is 10.9. The Balaban J connectivity index is 0.00000380. The van der Waals surface area contributed by atoms with Gasteiger partial charge in [0.25, 0.3) is 5.91 Å². The Morgan fingerprint density at radius 2 is 1.92 bits per heavy atom. The average molecular weight is 540 g/mol. The fraction of sp³-hybridized carbons (Fsp3) is 0.364. The number of hydrogen-bond donors (Lipinski definition) is 3. The van der Waals surface area contributed by atoms with Crippen LogP contribution in [-0.2, 0) is 23.9 Å². The number of aliphatic carboxylic acids is 1. The van der Waals surface area contributed by atoms with Gasteiger partial charge in [-0.3, -0.25) is 19.3 Å². The quantitative estimate of drug-likeness (QED) is 0.175. The Morgan fingerprint density at radius 3 is 2.51 bits per heavy atom. The maximum absolute atomic E-state index is 13.2. The van der Waals surface area contributed by atoms with Crippen molar-refractivity contribution in [1.82, 2.24) is 25.8 Å². The Labute approximate surface area is 237 Å². The maximum Gasteiger partial charge on any atom is 1.00 e. The molecule has 37 heavy (non-hydrogen) atoms. The van der Waals surface area contributed by atoms with E-state index in [0.717, 1.165) is 9.80 Å². The van der Waals surface area contributed by atoms with Gasteiger partial charge in [-0.05, 0) is 5.56 Å². The maximum atomic E-state index is 13.2. The second-order valence-corrected chi connectivity index (χ2v) is 9.20. The summed E-state index contributed by atoms with van der Waals surface area (Å²) in [5, 5.41) is 18.6. The molecule has 1 aromatic carbocycles. The standard InChI is InChI=1S/C22H23N5O8S.Na/c1-11(28)35-9-13-10-36-19-15(18(30)27(19)16(13)20(31)32)24-17(29)14(12-5-3-2-4-6-12)25-22(34)26-8-7-23-21(26)33;/h2-6,14-15,19H,7-10H2,1H3,(H,23,33)(H,24,29)(H,25,34)(H,31,32);/q;+1/p-1/t14?,15-,19-;/m1./s1. The van der Waals surface area contributed by atoms with Crippen molar-refractivity contribution in [3.8, 4) is 0 Å². The van der Waals surface area contributed by atoms with Crippen LogP contribution in [0.2, 0.25) is 0 Å². The Bertz CT molecular complexity index is 1160. The predicted octanol–water partition coefficient (Wildman–Crippen LogP) is -4.57. The molecule has 190 valence electrons. The summed E-state index contributed by atoms with van der Waals surface area (Å²) in [5.41, 5.74) is 0.244. The number of carbonyl (C=O) groups excluding carboxylic acids is 6. The number of imide groups is 1. The van der Waals surface area contributed by atoms with Crippen LogP contribution < -0.4 is 50.6 Å². The Kier molecular flexibility index (Phi) is 9.23. The van der Waals surface area contributed by atoms with Crippen LogP contribution >= 0.6 is 11.8 Å². The summed E-state index contributed by atoms with van der Waals surface area (Å²) in [5.74, 6) is -3.46. The molecule has 6 amide bonds. The third-order valence-electron chi connectivity index (χ3n) is 5.75. The zero-order valence-electron chi connectivity index (χ0n) is 20.0. The fourth-order valence-corrected chi connectivity index (χ4v) is 5.35. The molecule has 3 N–H and O–H groups in total. The zero-order valence-corrected chi connectivity index (χ0v) is 22.8. The van der Waals surface area contributed by atoms with Crippen molar-refractivity contribution < 1.29 is 68.2 Å². The molecular formula is C22H22N5NaO8S. The third kappa shape index (κ3) is 5.92. The minimum Gasteiger partial charge on any atom is -0.543 e. The van der Waals surface area contributed by atoms with Crippen molar-refractivity contribution in [2.45, 2.75) is 24.4 Å². The minimum atomic E-state index is -1.60. The normalized spacial score (nSPS) is 21.1. The number of amides is 6. The average Bonchev–Trinajstić information content (AvgIpc) is 3.29. The molecule has 15 heteroatoms. The van der Waals surface area contributed by atoms with E-state index in [9.17, 15) is 33.9 Å². The number of benzene rings is 1. The summed E-state index contributed by atoms with van der Waals surface area (Å²) in [6, 6.07) is 4.62. The molecule has 0 saturated carbocycles. The van der Waals surface area contributed by atoms with Crippen molar-refractivity contribution in [3.05, 3.63) is 47.2 Å². The molecule has 0 aromatic heterocycles. The van der Waals surface area contributed by atoms with Gasteiger partial charge in [-0.25, -0.2) is 14.5 Å². The second kappa shape index (κ2) is 12.0. The largest absolute Gasteiger partial charge is 1.00 e. The Hall–Kier alpha value is -3.07. The molecule has 3 atom stereocenters. The molecule has 1 unspecified atom stereocenters. The van der Waals surface area contributed by atoms with E-state index >= 15 is 0 Å². The van der Waals surface area contributed by atoms with E-state index in [1.807, 2.05) is 0 Å². The van der Waals surface area contributed by atoms with Gasteiger partial charge in [0.1, 0.15) is 24.1 Å². The molecule has 2 fully saturated rings. The van der Waals surface area contributed by atoms with Crippen LogP contribution in [0.15, 0.2) is 41.6 Å². The van der Waals surface area contributed by atoms with Crippen molar-refractivity contribution in [1.29, 1.82) is 0 Å². The van der Waals surface area contributed by atoms with Crippen molar-refractivity contribution in [2.75, 3.05) is 25.4 Å². The van der Waals surface area contributed by atoms with Crippen LogP contribution in [0.3, 0.4) is 0 Å². The van der Waals surface area contributed by atoms with E-state index in [1.165, 1.54) is 18.7 Å². The number of carbonyl (C=O) groups is 6. The van der Waals surface area contributed by atoms with Gasteiger partial charge >= 0.3 is 47.6 Å². The first-order chi connectivity index (χ1) is 17.2. The monoisotopic (exact) mass is 539 g/mol. The molecule has 1 aromatic rings. The van der Waals surface area contributed by atoms with Crippen LogP contribution in [0.25, 0.3) is 0 Å². The number of rotatable bonds is 7. The van der Waals surface area contributed by atoms with E-state index in [1.54, 1.807) is 30.3 Å². The molecule has 3 heterocycles. The number of hydrogen-bond acceptors (Lipinski definition) is 9. The number of carboxylic acid groups (broad SMARTS) is 1. The molecule has 3 aliphatic rings. The van der Waals surface area contributed by atoms with Gasteiger partial charge in [0.05, 0.1) is 11.7 Å². The summed E-state index contributed by atoms with van der Waals surface area (Å²) < 4.78 is 4.88. The van der Waals surface area contributed by atoms with E-state index in [0.29, 0.717) is 5.56 Å². The van der Waals surface area contributed by atoms with E-state index < -0.39 is 53.3 Å². The SMILES string of the molecule is CC(=O)OCC1=C(C(=O)[O-])N2C(=O)[C@@H](NC(=O)C(NC(=O)N3CCNC3=O)c3ccccc3)[C@H]2SC1.[Na+]. The molecule has 0 aliphatic carbocycles. The molecule has 13 nitrogen and oxygen atoms in total. The molecular weight excluding hydrogens is 517 g/mol. The van der Waals surface area contributed by atoms with Crippen molar-refractivity contribution >= 4 is 47.6 Å². The summed E-state index contributed by atoms with van der Waals surface area (Å²) in [4.78, 5) is 75.4. The topological polar surface area (TPSA) is 177 Å². The first-order valence-corrected chi connectivity index (χ1v) is 12.0. The van der Waals surface area contributed by atoms with Crippen LogP contribution in [-0.4, -0.2) is 82.5 Å². The predicted molar refractivity (Wildman–Crippen MR) is 122 cm³/mol. The van der Waals surface area contributed by atoms with Crippen LogP contribution in [0.1, 0.15) is 18.5 Å². The van der Waals surface area contributed by atoms with Gasteiger partial charge in [0, 0.05) is 31.3 Å². The second-order valence-electron chi connectivity index (χ2n) is 8.09. The molecule has 0 bridgehead atoms. The van der Waals surface area contributed by atoms with Gasteiger partial charge in [-0.15, -0.1) is 11.8 Å². The molecule has 2 saturated heterocycles. The van der Waals surface area contributed by atoms with Crippen molar-refractivity contribution in [3.63, 3.8) is 0 Å². The number of carboxylic acids is 1. The summed E-state index contributed by atoms with van der Waals surface area (Å²) >= 11 is 1.19. The molecule has 3 aliphatic heterocycles. The molecule has 0 radical (unpaired) electrons. The van der Waals surface area contributed by atoms with Gasteiger partial charge in [-0.1, -0.05) is 30.3 Å². The zero-order chi connectivity index (χ0) is 26.0. The molecule has 4 rings (SSSR count). The molecule has 0 spiro atoms. The summed E-state index contributed by atoms with van der Waals surface area (Å²) in [7, 11) is 0. The number of esters is 1. The summed E-state index contributed by atoms with van der Waals surface area (Å²) in [6.45, 7) is 1.30. The number of thioether (sulfide) groups is 1. The number of fused-ring (bicyclic) bond motifs is 1. The summed E-state index contributed by atoms with van der Waals surface area (Å²) in [6.07, 6.45) is 0. The third-order valence-corrected chi connectivity index (χ3v) is 7.09. The van der Waals surface area contributed by atoms with Gasteiger partial charge in [0.15, 0.2) is 0 Å². The van der Waals surface area contributed by atoms with Gasteiger partial charge in [0.2, 0.25) is 5.91 Å². The first kappa shape index (κ1) is 28.5. The fourth-order valence-electron chi connectivity index (χ4n) is 4.02. The van der Waals surface area contributed by atoms with E-state index in [2.05, 4.69) is 16.0 Å². The van der Waals surface area contributed by atoms with E-state index in [4.69, 9.17) is 4.74 Å². The van der Waals surface area contributed by atoms with Crippen LogP contribution in [0.5, 0.6) is 0 Å². The number of ether oxygens (including phenoxy) is 1. The smallest absolute Gasteiger partial charge is 0.543 e. The number of nitrogens with one attached hydrogen (secondary N) is 3. The van der Waals surface area contributed by atoms with E-state index in [-0.39, 0.29) is 66.3 Å². The number of β-lactam (4-membered cyclic amide) rings is 1. The van der Waals surface area contributed by atoms with Gasteiger partial charge in [-0.2, -0.15) is 0 Å². The minimum absolute atomic E-state index is 0. The number of urea groups is 2. The van der Waals surface area contributed by atoms with Crippen LogP contribution in [0, 0.1) is 0 Å². The van der Waals surface area contributed by atoms with Crippen molar-refractivity contribution in [2.24, 2.45) is 0 Å². The Morgan fingerprint density at radius 1 is 1.22 bits per heavy atom.